The lowest BCUT2D eigenvalue weighted by atomic mass is 9.98. The largest absolute Gasteiger partial charge is 0.350 e. The number of Topliss-reactive ketones (excluding diaryl/α,β-unsaturated/α-hetero) is 1. The van der Waals surface area contributed by atoms with Gasteiger partial charge in [0.15, 0.2) is 0 Å². The summed E-state index contributed by atoms with van der Waals surface area (Å²) in [5.41, 5.74) is 0.542. The van der Waals surface area contributed by atoms with Gasteiger partial charge in [0.2, 0.25) is 17.6 Å². The average Bonchev–Trinajstić information content (AvgIpc) is 3.25. The second kappa shape index (κ2) is 15.7. The van der Waals surface area contributed by atoms with E-state index in [2.05, 4.69) is 16.0 Å². The van der Waals surface area contributed by atoms with Gasteiger partial charge in [0.1, 0.15) is 12.1 Å². The first-order valence-electron chi connectivity index (χ1n) is 12.4. The standard InChI is InChI=1S/C25H35Cl2N3O5S2/c1-4-28-25(34)23(32)20(13-16-9-10-17(26)14-19(16)27)29-24(33)22(15(2)3)30-21(31)8-6-5-7-18-11-12-36-37(18)35/h9-10,14-15,18,20,22H,4-8,11-13H2,1-3H3,(H,28,34)(H,29,33)(H,30,31)/t18?,20-,22-,37?/m0/s1. The van der Waals surface area contributed by atoms with Crippen LogP contribution in [0.3, 0.4) is 0 Å². The first-order chi connectivity index (χ1) is 17.5. The Morgan fingerprint density at radius 2 is 1.86 bits per heavy atom. The lowest BCUT2D eigenvalue weighted by Gasteiger charge is -2.25. The number of carbonyl (C=O) groups excluding carboxylic acids is 4. The monoisotopic (exact) mass is 591 g/mol. The number of carbonyl (C=O) groups is 4. The Bertz CT molecular complexity index is 1010. The van der Waals surface area contributed by atoms with Gasteiger partial charge in [-0.2, -0.15) is 0 Å². The average molecular weight is 593 g/mol. The van der Waals surface area contributed by atoms with E-state index >= 15 is 0 Å². The molecule has 4 atom stereocenters. The van der Waals surface area contributed by atoms with Crippen molar-refractivity contribution in [2.75, 3.05) is 12.3 Å². The van der Waals surface area contributed by atoms with Crippen LogP contribution in [0.25, 0.3) is 0 Å². The number of nitrogens with one attached hydrogen (secondary N) is 3. The number of benzene rings is 1. The smallest absolute Gasteiger partial charge is 0.289 e. The molecule has 2 unspecified atom stereocenters. The number of unbranched alkanes of at least 4 members (excludes halogenated alkanes) is 1. The molecule has 1 fully saturated rings. The molecule has 1 aromatic carbocycles. The van der Waals surface area contributed by atoms with E-state index in [1.807, 2.05) is 0 Å². The fraction of sp³-hybridized carbons (Fsp3) is 0.600. The molecule has 1 saturated heterocycles. The summed E-state index contributed by atoms with van der Waals surface area (Å²) >= 11 is 12.2. The van der Waals surface area contributed by atoms with Gasteiger partial charge in [0.25, 0.3) is 5.91 Å². The molecule has 0 radical (unpaired) electrons. The Balaban J connectivity index is 2.02. The van der Waals surface area contributed by atoms with Gasteiger partial charge in [0, 0.05) is 40.4 Å². The molecule has 12 heteroatoms. The molecule has 3 amide bonds. The zero-order chi connectivity index (χ0) is 27.5. The molecule has 1 aliphatic heterocycles. The minimum atomic E-state index is -1.18. The van der Waals surface area contributed by atoms with E-state index < -0.39 is 39.5 Å². The highest BCUT2D eigenvalue weighted by Crippen LogP contribution is 2.29. The predicted molar refractivity (Wildman–Crippen MR) is 150 cm³/mol. The van der Waals surface area contributed by atoms with Gasteiger partial charge in [-0.25, -0.2) is 4.21 Å². The summed E-state index contributed by atoms with van der Waals surface area (Å²) in [6.45, 7) is 5.51. The molecule has 8 nitrogen and oxygen atoms in total. The number of amides is 3. The van der Waals surface area contributed by atoms with E-state index in [-0.39, 0.29) is 36.5 Å². The van der Waals surface area contributed by atoms with Crippen molar-refractivity contribution in [1.82, 2.24) is 16.0 Å². The van der Waals surface area contributed by atoms with Crippen LogP contribution in [0.4, 0.5) is 0 Å². The normalized spacial score (nSPS) is 18.8. The number of halogens is 2. The van der Waals surface area contributed by atoms with Crippen LogP contribution in [0, 0.1) is 5.92 Å². The molecule has 3 N–H and O–H groups in total. The van der Waals surface area contributed by atoms with Crippen LogP contribution < -0.4 is 16.0 Å². The zero-order valence-corrected chi connectivity index (χ0v) is 24.5. The summed E-state index contributed by atoms with van der Waals surface area (Å²) in [7, 11) is 0.647. The first kappa shape index (κ1) is 31.6. The van der Waals surface area contributed by atoms with Crippen molar-refractivity contribution in [2.45, 2.75) is 76.6 Å². The Kier molecular flexibility index (Phi) is 13.4. The third kappa shape index (κ3) is 10.2. The highest BCUT2D eigenvalue weighted by Gasteiger charge is 2.32. The minimum Gasteiger partial charge on any atom is -0.350 e. The molecule has 0 bridgehead atoms. The summed E-state index contributed by atoms with van der Waals surface area (Å²) in [5.74, 6) is -1.81. The summed E-state index contributed by atoms with van der Waals surface area (Å²) < 4.78 is 11.8. The van der Waals surface area contributed by atoms with Gasteiger partial charge in [-0.05, 0) is 49.8 Å². The molecule has 0 spiro atoms. The van der Waals surface area contributed by atoms with Crippen LogP contribution in [0.15, 0.2) is 18.2 Å². The van der Waals surface area contributed by atoms with E-state index in [0.29, 0.717) is 22.0 Å². The van der Waals surface area contributed by atoms with Gasteiger partial charge in [-0.1, -0.05) is 60.3 Å². The van der Waals surface area contributed by atoms with Gasteiger partial charge >= 0.3 is 0 Å². The van der Waals surface area contributed by atoms with Crippen molar-refractivity contribution in [2.24, 2.45) is 5.92 Å². The molecular weight excluding hydrogens is 557 g/mol. The molecule has 0 aromatic heterocycles. The number of hydrogen-bond donors (Lipinski definition) is 3. The Morgan fingerprint density at radius 1 is 1.14 bits per heavy atom. The first-order valence-corrected chi connectivity index (χ1v) is 15.9. The van der Waals surface area contributed by atoms with Crippen molar-refractivity contribution in [3.63, 3.8) is 0 Å². The maximum Gasteiger partial charge on any atom is 0.289 e. The van der Waals surface area contributed by atoms with Crippen LogP contribution in [-0.2, 0) is 35.4 Å². The van der Waals surface area contributed by atoms with Crippen LogP contribution in [-0.4, -0.2) is 57.3 Å². The number of hydrogen-bond acceptors (Lipinski definition) is 6. The van der Waals surface area contributed by atoms with Crippen molar-refractivity contribution in [3.8, 4) is 0 Å². The van der Waals surface area contributed by atoms with E-state index in [0.717, 1.165) is 25.0 Å². The highest BCUT2D eigenvalue weighted by atomic mass is 35.5. The Labute approximate surface area is 234 Å². The van der Waals surface area contributed by atoms with Crippen LogP contribution >= 0.6 is 34.0 Å². The summed E-state index contributed by atoms with van der Waals surface area (Å²) in [5, 5.41) is 8.79. The van der Waals surface area contributed by atoms with Crippen molar-refractivity contribution < 1.29 is 23.4 Å². The van der Waals surface area contributed by atoms with Crippen molar-refractivity contribution in [3.05, 3.63) is 33.8 Å². The Morgan fingerprint density at radius 3 is 2.46 bits per heavy atom. The lowest BCUT2D eigenvalue weighted by molar-refractivity contribution is -0.140. The number of ketones is 1. The van der Waals surface area contributed by atoms with E-state index in [1.165, 1.54) is 16.9 Å². The van der Waals surface area contributed by atoms with Crippen molar-refractivity contribution >= 4 is 67.3 Å². The van der Waals surface area contributed by atoms with Gasteiger partial charge in [-0.3, -0.25) is 19.2 Å². The molecular formula is C25H35Cl2N3O5S2. The highest BCUT2D eigenvalue weighted by molar-refractivity contribution is 8.69. The summed E-state index contributed by atoms with van der Waals surface area (Å²) in [6, 6.07) is 2.70. The SMILES string of the molecule is CCNC(=O)C(=O)[C@H](Cc1ccc(Cl)cc1Cl)NC(=O)[C@@H](NC(=O)CCCCC1CCSS1=O)C(C)C. The van der Waals surface area contributed by atoms with E-state index in [4.69, 9.17) is 23.2 Å². The molecule has 0 saturated carbocycles. The van der Waals surface area contributed by atoms with Crippen LogP contribution in [0.2, 0.25) is 10.0 Å². The van der Waals surface area contributed by atoms with E-state index in [9.17, 15) is 23.4 Å². The van der Waals surface area contributed by atoms with Crippen molar-refractivity contribution in [1.29, 1.82) is 0 Å². The van der Waals surface area contributed by atoms with Crippen LogP contribution in [0.1, 0.15) is 58.4 Å². The molecule has 37 heavy (non-hydrogen) atoms. The molecule has 1 heterocycles. The van der Waals surface area contributed by atoms with Gasteiger partial charge < -0.3 is 16.0 Å². The number of rotatable bonds is 14. The maximum atomic E-state index is 13.2. The fourth-order valence-corrected chi connectivity index (χ4v) is 7.89. The topological polar surface area (TPSA) is 121 Å². The second-order valence-electron chi connectivity index (χ2n) is 9.25. The van der Waals surface area contributed by atoms with Gasteiger partial charge in [0.05, 0.1) is 9.83 Å². The third-order valence-electron chi connectivity index (χ3n) is 5.99. The van der Waals surface area contributed by atoms with E-state index in [1.54, 1.807) is 32.9 Å². The fourth-order valence-electron chi connectivity index (χ4n) is 3.92. The molecule has 1 aliphatic rings. The third-order valence-corrected chi connectivity index (χ3v) is 10.2. The lowest BCUT2D eigenvalue weighted by Crippen LogP contribution is -2.56. The van der Waals surface area contributed by atoms with Crippen LogP contribution in [0.5, 0.6) is 0 Å². The maximum absolute atomic E-state index is 13.2. The quantitative estimate of drug-likeness (QED) is 0.173. The summed E-state index contributed by atoms with van der Waals surface area (Å²) in [4.78, 5) is 50.9. The molecule has 0 aliphatic carbocycles. The molecule has 206 valence electrons. The second-order valence-corrected chi connectivity index (χ2v) is 13.6. The predicted octanol–water partition coefficient (Wildman–Crippen LogP) is 3.60. The zero-order valence-electron chi connectivity index (χ0n) is 21.3. The molecule has 1 aromatic rings. The summed E-state index contributed by atoms with van der Waals surface area (Å²) in [6.07, 6.45) is 3.40. The number of likely N-dealkylation sites (N-methyl/N-ethyl adjacent to an activating group) is 1. The molecule has 2 rings (SSSR count). The van der Waals surface area contributed by atoms with Gasteiger partial charge in [-0.15, -0.1) is 0 Å². The minimum absolute atomic E-state index is 0.0166. The Hall–Kier alpha value is -1.62.